The van der Waals surface area contributed by atoms with Crippen molar-refractivity contribution in [2.75, 3.05) is 0 Å². The molecule has 1 heterocycles. The van der Waals surface area contributed by atoms with Gasteiger partial charge in [0.1, 0.15) is 16.9 Å². The van der Waals surface area contributed by atoms with Crippen LogP contribution in [0.25, 0.3) is 11.0 Å². The van der Waals surface area contributed by atoms with Crippen LogP contribution in [-0.2, 0) is 4.74 Å². The number of amides is 1. The molecule has 1 saturated carbocycles. The summed E-state index contributed by atoms with van der Waals surface area (Å²) >= 11 is 3.20. The molecule has 0 saturated heterocycles. The number of hydrogen-bond acceptors (Lipinski definition) is 3. The summed E-state index contributed by atoms with van der Waals surface area (Å²) in [5, 5.41) is 2.98. The number of carbonyl (C=O) groups excluding carboxylic acids is 1. The van der Waals surface area contributed by atoms with Crippen LogP contribution in [0.2, 0.25) is 0 Å². The summed E-state index contributed by atoms with van der Waals surface area (Å²) in [5.41, 5.74) is 0.311. The molecule has 1 aromatic heterocycles. The van der Waals surface area contributed by atoms with E-state index < -0.39 is 17.5 Å². The average Bonchev–Trinajstić information content (AvgIpc) is 3.00. The minimum atomic E-state index is -0.583. The fourth-order valence-corrected chi connectivity index (χ4v) is 3.97. The molecule has 0 spiro atoms. The van der Waals surface area contributed by atoms with Crippen molar-refractivity contribution in [3.05, 3.63) is 28.2 Å². The maximum atomic E-state index is 14.4. The number of aromatic nitrogens is 2. The van der Waals surface area contributed by atoms with Gasteiger partial charge in [0.15, 0.2) is 5.82 Å². The predicted molar refractivity (Wildman–Crippen MR) is 107 cm³/mol. The van der Waals surface area contributed by atoms with Gasteiger partial charge in [-0.3, -0.25) is 0 Å². The van der Waals surface area contributed by atoms with Crippen molar-refractivity contribution in [3.63, 3.8) is 0 Å². The van der Waals surface area contributed by atoms with E-state index in [1.807, 2.05) is 20.8 Å². The summed E-state index contributed by atoms with van der Waals surface area (Å²) in [6.07, 6.45) is 3.72. The summed E-state index contributed by atoms with van der Waals surface area (Å²) in [4.78, 5) is 20.1. The smallest absolute Gasteiger partial charge is 0.408 e. The highest BCUT2D eigenvalue weighted by molar-refractivity contribution is 9.10. The van der Waals surface area contributed by atoms with Crippen LogP contribution in [0.15, 0.2) is 16.6 Å². The Morgan fingerprint density at radius 2 is 2.00 bits per heavy atom. The molecule has 148 valence electrons. The molecule has 2 N–H and O–H groups in total. The van der Waals surface area contributed by atoms with Crippen molar-refractivity contribution in [1.82, 2.24) is 15.3 Å². The molecule has 1 fully saturated rings. The Balaban J connectivity index is 1.91. The Hall–Kier alpha value is -1.63. The third-order valence-electron chi connectivity index (χ3n) is 5.06. The fraction of sp³-hybridized carbons (Fsp3) is 0.600. The SMILES string of the molecule is CC1CCC(C(NC(=O)OC(C)(C)C)c2nc3c(F)c(Br)ccc3[nH]2)CC1. The van der Waals surface area contributed by atoms with Gasteiger partial charge in [-0.2, -0.15) is 0 Å². The quantitative estimate of drug-likeness (QED) is 0.629. The molecular weight excluding hydrogens is 413 g/mol. The van der Waals surface area contributed by atoms with Gasteiger partial charge in [0.2, 0.25) is 0 Å². The Morgan fingerprint density at radius 3 is 2.63 bits per heavy atom. The molecule has 27 heavy (non-hydrogen) atoms. The third kappa shape index (κ3) is 4.81. The molecular formula is C20H27BrFN3O2. The van der Waals surface area contributed by atoms with E-state index in [2.05, 4.69) is 38.1 Å². The van der Waals surface area contributed by atoms with Crippen LogP contribution in [0.3, 0.4) is 0 Å². The van der Waals surface area contributed by atoms with Gasteiger partial charge in [0, 0.05) is 0 Å². The molecule has 1 unspecified atom stereocenters. The van der Waals surface area contributed by atoms with Gasteiger partial charge in [0.05, 0.1) is 16.0 Å². The van der Waals surface area contributed by atoms with Gasteiger partial charge in [-0.25, -0.2) is 14.2 Å². The summed E-state index contributed by atoms with van der Waals surface area (Å²) in [6.45, 7) is 7.74. The lowest BCUT2D eigenvalue weighted by molar-refractivity contribution is 0.0468. The van der Waals surface area contributed by atoms with E-state index in [-0.39, 0.29) is 17.5 Å². The highest BCUT2D eigenvalue weighted by Gasteiger charge is 2.32. The number of fused-ring (bicyclic) bond motifs is 1. The molecule has 0 bridgehead atoms. The van der Waals surface area contributed by atoms with Crippen molar-refractivity contribution in [1.29, 1.82) is 0 Å². The topological polar surface area (TPSA) is 67.0 Å². The summed E-state index contributed by atoms with van der Waals surface area (Å²) < 4.78 is 20.2. The number of hydrogen-bond donors (Lipinski definition) is 2. The maximum absolute atomic E-state index is 14.4. The summed E-state index contributed by atoms with van der Waals surface area (Å²) in [5.74, 6) is 1.10. The number of H-pyrrole nitrogens is 1. The molecule has 2 aromatic rings. The van der Waals surface area contributed by atoms with Crippen LogP contribution in [0.4, 0.5) is 9.18 Å². The van der Waals surface area contributed by atoms with Crippen molar-refractivity contribution in [2.45, 2.75) is 65.0 Å². The second-order valence-electron chi connectivity index (χ2n) is 8.52. The molecule has 3 rings (SSSR count). The molecule has 1 aromatic carbocycles. The predicted octanol–water partition coefficient (Wildman–Crippen LogP) is 5.86. The van der Waals surface area contributed by atoms with E-state index in [0.717, 1.165) is 25.7 Å². The van der Waals surface area contributed by atoms with Gasteiger partial charge < -0.3 is 15.0 Å². The van der Waals surface area contributed by atoms with Gasteiger partial charge in [-0.15, -0.1) is 0 Å². The van der Waals surface area contributed by atoms with Gasteiger partial charge >= 0.3 is 6.09 Å². The second-order valence-corrected chi connectivity index (χ2v) is 9.38. The Bertz CT molecular complexity index is 822. The minimum absolute atomic E-state index is 0.237. The molecule has 7 heteroatoms. The minimum Gasteiger partial charge on any atom is -0.444 e. The van der Waals surface area contributed by atoms with Gasteiger partial charge in [-0.1, -0.05) is 19.8 Å². The van der Waals surface area contributed by atoms with Crippen molar-refractivity contribution in [2.24, 2.45) is 11.8 Å². The zero-order valence-electron chi connectivity index (χ0n) is 16.2. The Morgan fingerprint density at radius 1 is 1.33 bits per heavy atom. The van der Waals surface area contributed by atoms with Crippen LogP contribution in [-0.4, -0.2) is 21.7 Å². The van der Waals surface area contributed by atoms with E-state index in [4.69, 9.17) is 4.74 Å². The van der Waals surface area contributed by atoms with Crippen LogP contribution in [0.5, 0.6) is 0 Å². The van der Waals surface area contributed by atoms with Gasteiger partial charge in [0.25, 0.3) is 0 Å². The molecule has 0 aliphatic heterocycles. The highest BCUT2D eigenvalue weighted by Crippen LogP contribution is 2.37. The zero-order chi connectivity index (χ0) is 19.8. The first-order valence-corrected chi connectivity index (χ1v) is 10.3. The number of alkyl carbamates (subject to hydrolysis) is 1. The fourth-order valence-electron chi connectivity index (χ4n) is 3.65. The first-order valence-electron chi connectivity index (χ1n) is 9.47. The number of benzene rings is 1. The van der Waals surface area contributed by atoms with E-state index in [9.17, 15) is 9.18 Å². The van der Waals surface area contributed by atoms with Crippen LogP contribution >= 0.6 is 15.9 Å². The van der Waals surface area contributed by atoms with Crippen LogP contribution in [0, 0.1) is 17.7 Å². The van der Waals surface area contributed by atoms with E-state index in [0.29, 0.717) is 21.7 Å². The lowest BCUT2D eigenvalue weighted by atomic mass is 9.79. The van der Waals surface area contributed by atoms with Crippen molar-refractivity contribution in [3.8, 4) is 0 Å². The molecule has 1 aliphatic rings. The van der Waals surface area contributed by atoms with Crippen LogP contribution in [0.1, 0.15) is 65.2 Å². The number of imidazole rings is 1. The molecule has 0 radical (unpaired) electrons. The number of nitrogens with one attached hydrogen (secondary N) is 2. The first-order chi connectivity index (χ1) is 12.6. The Labute approximate surface area is 167 Å². The number of aromatic amines is 1. The lowest BCUT2D eigenvalue weighted by Crippen LogP contribution is -2.39. The van der Waals surface area contributed by atoms with Crippen molar-refractivity contribution >= 4 is 33.1 Å². The number of rotatable bonds is 3. The zero-order valence-corrected chi connectivity index (χ0v) is 17.8. The third-order valence-corrected chi connectivity index (χ3v) is 5.68. The largest absolute Gasteiger partial charge is 0.444 e. The number of ether oxygens (including phenoxy) is 1. The summed E-state index contributed by atoms with van der Waals surface area (Å²) in [6, 6.07) is 3.10. The first kappa shape index (κ1) is 20.1. The van der Waals surface area contributed by atoms with Gasteiger partial charge in [-0.05, 0) is 73.5 Å². The summed E-state index contributed by atoms with van der Waals surface area (Å²) in [7, 11) is 0. The van der Waals surface area contributed by atoms with E-state index >= 15 is 0 Å². The maximum Gasteiger partial charge on any atom is 0.408 e. The number of carbonyl (C=O) groups is 1. The molecule has 1 amide bonds. The number of halogens is 2. The highest BCUT2D eigenvalue weighted by atomic mass is 79.9. The van der Waals surface area contributed by atoms with E-state index in [1.165, 1.54) is 0 Å². The van der Waals surface area contributed by atoms with E-state index in [1.54, 1.807) is 12.1 Å². The molecule has 5 nitrogen and oxygen atoms in total. The average molecular weight is 440 g/mol. The van der Waals surface area contributed by atoms with Crippen molar-refractivity contribution < 1.29 is 13.9 Å². The normalized spacial score (nSPS) is 21.9. The lowest BCUT2D eigenvalue weighted by Gasteiger charge is -2.32. The monoisotopic (exact) mass is 439 g/mol. The standard InChI is InChI=1S/C20H27BrFN3O2/c1-11-5-7-12(8-6-11)16(25-19(26)27-20(2,3)4)18-23-14-10-9-13(21)15(22)17(14)24-18/h9-12,16H,5-8H2,1-4H3,(H,23,24)(H,25,26). The van der Waals surface area contributed by atoms with Crippen LogP contribution < -0.4 is 5.32 Å². The molecule has 1 aliphatic carbocycles. The second kappa shape index (κ2) is 7.78. The number of nitrogens with zero attached hydrogens (tertiary/aromatic N) is 1. The molecule has 1 atom stereocenters. The Kier molecular flexibility index (Phi) is 5.79.